The van der Waals surface area contributed by atoms with Crippen LogP contribution in [0.5, 0.6) is 0 Å². The predicted octanol–water partition coefficient (Wildman–Crippen LogP) is 2.40. The quantitative estimate of drug-likeness (QED) is 0.568. The van der Waals surface area contributed by atoms with E-state index < -0.39 is 0 Å². The predicted molar refractivity (Wildman–Crippen MR) is 39.4 cm³/mol. The number of unbranched alkanes of at least 4 members (excludes halogenated alkanes) is 1. The third kappa shape index (κ3) is 4.19. The zero-order valence-electron chi connectivity index (χ0n) is 6.61. The minimum atomic E-state index is 0.282. The highest BCUT2D eigenvalue weighted by atomic mass is 16.1. The molecule has 9 heavy (non-hydrogen) atoms. The third-order valence-electron chi connectivity index (χ3n) is 1.68. The highest BCUT2D eigenvalue weighted by Gasteiger charge is 2.04. The number of carbonyl (C=O) groups excluding carboxylic acids is 1. The highest BCUT2D eigenvalue weighted by molar-refractivity contribution is 5.77. The van der Waals surface area contributed by atoms with E-state index in [0.717, 1.165) is 6.42 Å². The molecular formula is C8H16O. The van der Waals surface area contributed by atoms with Gasteiger partial charge in [-0.05, 0) is 13.3 Å². The minimum absolute atomic E-state index is 0.282. The first-order valence-corrected chi connectivity index (χ1v) is 3.69. The molecule has 0 aliphatic heterocycles. The van der Waals surface area contributed by atoms with E-state index in [1.807, 2.05) is 6.92 Å². The largest absolute Gasteiger partial charge is 0.300 e. The Morgan fingerprint density at radius 2 is 2.11 bits per heavy atom. The first-order valence-electron chi connectivity index (χ1n) is 3.69. The molecule has 0 saturated heterocycles. The first kappa shape index (κ1) is 8.67. The molecule has 1 unspecified atom stereocenters. The van der Waals surface area contributed by atoms with Crippen LogP contribution in [-0.2, 0) is 4.79 Å². The normalized spacial score (nSPS) is 13.2. The van der Waals surface area contributed by atoms with Gasteiger partial charge in [-0.2, -0.15) is 0 Å². The van der Waals surface area contributed by atoms with Crippen molar-refractivity contribution in [3.8, 4) is 0 Å². The molecule has 0 aromatic carbocycles. The molecule has 0 aromatic heterocycles. The summed E-state index contributed by atoms with van der Waals surface area (Å²) in [6.07, 6.45) is 3.43. The van der Waals surface area contributed by atoms with E-state index in [1.165, 1.54) is 12.8 Å². The molecule has 1 nitrogen and oxygen atoms in total. The van der Waals surface area contributed by atoms with Crippen molar-refractivity contribution in [2.24, 2.45) is 5.92 Å². The molecule has 0 radical (unpaired) electrons. The van der Waals surface area contributed by atoms with Crippen molar-refractivity contribution in [2.45, 2.75) is 40.0 Å². The summed E-state index contributed by atoms with van der Waals surface area (Å²) in [6.45, 7) is 5.81. The molecule has 0 aromatic rings. The number of ketones is 1. The molecule has 0 N–H and O–H groups in total. The number of hydrogen-bond donors (Lipinski definition) is 0. The highest BCUT2D eigenvalue weighted by Crippen LogP contribution is 2.07. The Bertz CT molecular complexity index is 86.6. The summed E-state index contributed by atoms with van der Waals surface area (Å²) in [6, 6.07) is 0. The Balaban J connectivity index is 3.27. The van der Waals surface area contributed by atoms with Gasteiger partial charge in [-0.25, -0.2) is 0 Å². The fourth-order valence-corrected chi connectivity index (χ4v) is 0.714. The van der Waals surface area contributed by atoms with Gasteiger partial charge in [0.05, 0.1) is 0 Å². The van der Waals surface area contributed by atoms with Crippen molar-refractivity contribution >= 4 is 5.78 Å². The van der Waals surface area contributed by atoms with E-state index in [-0.39, 0.29) is 5.92 Å². The van der Waals surface area contributed by atoms with Crippen molar-refractivity contribution in [3.05, 3.63) is 0 Å². The molecular weight excluding hydrogens is 112 g/mol. The zero-order chi connectivity index (χ0) is 7.28. The second kappa shape index (κ2) is 4.54. The van der Waals surface area contributed by atoms with E-state index in [4.69, 9.17) is 0 Å². The topological polar surface area (TPSA) is 17.1 Å². The van der Waals surface area contributed by atoms with E-state index in [9.17, 15) is 4.79 Å². The zero-order valence-corrected chi connectivity index (χ0v) is 6.61. The minimum Gasteiger partial charge on any atom is -0.300 e. The van der Waals surface area contributed by atoms with E-state index in [0.29, 0.717) is 5.78 Å². The Morgan fingerprint density at radius 3 is 2.44 bits per heavy atom. The van der Waals surface area contributed by atoms with Crippen LogP contribution < -0.4 is 0 Å². The van der Waals surface area contributed by atoms with Crippen molar-refractivity contribution in [1.29, 1.82) is 0 Å². The van der Waals surface area contributed by atoms with Crippen molar-refractivity contribution in [1.82, 2.24) is 0 Å². The van der Waals surface area contributed by atoms with Gasteiger partial charge in [0.25, 0.3) is 0 Å². The van der Waals surface area contributed by atoms with Crippen LogP contribution in [0.15, 0.2) is 0 Å². The van der Waals surface area contributed by atoms with Crippen LogP contribution in [0.25, 0.3) is 0 Å². The van der Waals surface area contributed by atoms with Crippen molar-refractivity contribution < 1.29 is 4.79 Å². The maximum Gasteiger partial charge on any atom is 0.132 e. The number of hydrogen-bond acceptors (Lipinski definition) is 1. The maximum absolute atomic E-state index is 10.6. The van der Waals surface area contributed by atoms with Crippen LogP contribution in [0.4, 0.5) is 0 Å². The Labute approximate surface area is 57.5 Å². The van der Waals surface area contributed by atoms with Crippen LogP contribution in [0, 0.1) is 5.92 Å². The van der Waals surface area contributed by atoms with E-state index in [2.05, 4.69) is 6.92 Å². The molecule has 54 valence electrons. The molecule has 1 atom stereocenters. The summed E-state index contributed by atoms with van der Waals surface area (Å²) in [5.41, 5.74) is 0. The van der Waals surface area contributed by atoms with Gasteiger partial charge in [0, 0.05) is 5.92 Å². The SMILES string of the molecule is CCCCC(C)C(C)=O. The Hall–Kier alpha value is -0.330. The second-order valence-corrected chi connectivity index (χ2v) is 2.65. The van der Waals surface area contributed by atoms with Gasteiger partial charge in [0.15, 0.2) is 0 Å². The van der Waals surface area contributed by atoms with Crippen molar-refractivity contribution in [2.75, 3.05) is 0 Å². The average molecular weight is 128 g/mol. The van der Waals surface area contributed by atoms with Crippen LogP contribution in [0.3, 0.4) is 0 Å². The summed E-state index contributed by atoms with van der Waals surface area (Å²) >= 11 is 0. The fourth-order valence-electron chi connectivity index (χ4n) is 0.714. The number of Topliss-reactive ketones (excluding diaryl/α,β-unsaturated/α-hetero) is 1. The Morgan fingerprint density at radius 1 is 1.56 bits per heavy atom. The van der Waals surface area contributed by atoms with E-state index in [1.54, 1.807) is 6.92 Å². The molecule has 0 amide bonds. The van der Waals surface area contributed by atoms with Gasteiger partial charge in [-0.15, -0.1) is 0 Å². The lowest BCUT2D eigenvalue weighted by atomic mass is 10.0. The van der Waals surface area contributed by atoms with Gasteiger partial charge in [0.1, 0.15) is 5.78 Å². The third-order valence-corrected chi connectivity index (χ3v) is 1.68. The summed E-state index contributed by atoms with van der Waals surface area (Å²) in [5.74, 6) is 0.605. The molecule has 0 rings (SSSR count). The van der Waals surface area contributed by atoms with Crippen LogP contribution >= 0.6 is 0 Å². The summed E-state index contributed by atoms with van der Waals surface area (Å²) in [7, 11) is 0. The van der Waals surface area contributed by atoms with Gasteiger partial charge in [-0.1, -0.05) is 26.7 Å². The fraction of sp³-hybridized carbons (Fsp3) is 0.875. The summed E-state index contributed by atoms with van der Waals surface area (Å²) in [5, 5.41) is 0. The smallest absolute Gasteiger partial charge is 0.132 e. The van der Waals surface area contributed by atoms with Gasteiger partial charge >= 0.3 is 0 Å². The monoisotopic (exact) mass is 128 g/mol. The first-order chi connectivity index (χ1) is 4.18. The molecule has 0 heterocycles. The molecule has 0 saturated carbocycles. The Kier molecular flexibility index (Phi) is 4.37. The molecule has 1 heteroatoms. The molecule has 0 aliphatic rings. The molecule has 0 fully saturated rings. The molecule has 0 spiro atoms. The lowest BCUT2D eigenvalue weighted by Crippen LogP contribution is -2.05. The maximum atomic E-state index is 10.6. The number of rotatable bonds is 4. The second-order valence-electron chi connectivity index (χ2n) is 2.65. The van der Waals surface area contributed by atoms with Gasteiger partial charge in [-0.3, -0.25) is 4.79 Å². The van der Waals surface area contributed by atoms with E-state index >= 15 is 0 Å². The summed E-state index contributed by atoms with van der Waals surface area (Å²) < 4.78 is 0. The average Bonchev–Trinajstić information content (AvgIpc) is 1.82. The van der Waals surface area contributed by atoms with Gasteiger partial charge in [0.2, 0.25) is 0 Å². The van der Waals surface area contributed by atoms with Crippen LogP contribution in [-0.4, -0.2) is 5.78 Å². The van der Waals surface area contributed by atoms with Crippen LogP contribution in [0.1, 0.15) is 40.0 Å². The lowest BCUT2D eigenvalue weighted by Gasteiger charge is -2.03. The van der Waals surface area contributed by atoms with Gasteiger partial charge < -0.3 is 0 Å². The van der Waals surface area contributed by atoms with Crippen molar-refractivity contribution in [3.63, 3.8) is 0 Å². The molecule has 0 aliphatic carbocycles. The standard InChI is InChI=1S/C8H16O/c1-4-5-6-7(2)8(3)9/h7H,4-6H2,1-3H3. The molecule has 0 bridgehead atoms. The number of carbonyl (C=O) groups is 1. The van der Waals surface area contributed by atoms with Crippen LogP contribution in [0.2, 0.25) is 0 Å². The lowest BCUT2D eigenvalue weighted by molar-refractivity contribution is -0.120. The summed E-state index contributed by atoms with van der Waals surface area (Å²) in [4.78, 5) is 10.6.